The number of ketones is 1. The summed E-state index contributed by atoms with van der Waals surface area (Å²) >= 11 is 0. The quantitative estimate of drug-likeness (QED) is 0.531. The maximum Gasteiger partial charge on any atom is 0.339 e. The maximum atomic E-state index is 12.0. The summed E-state index contributed by atoms with van der Waals surface area (Å²) in [6.07, 6.45) is 0. The van der Waals surface area contributed by atoms with Crippen LogP contribution in [0.2, 0.25) is 0 Å². The third kappa shape index (κ3) is 3.33. The van der Waals surface area contributed by atoms with E-state index in [1.807, 2.05) is 0 Å². The minimum atomic E-state index is -0.808. The predicted molar refractivity (Wildman–Crippen MR) is 77.2 cm³/mol. The zero-order valence-corrected chi connectivity index (χ0v) is 11.3. The van der Waals surface area contributed by atoms with Crippen LogP contribution in [0.25, 0.3) is 0 Å². The van der Waals surface area contributed by atoms with Crippen molar-refractivity contribution in [1.29, 1.82) is 0 Å². The molecule has 1 amide bonds. The maximum absolute atomic E-state index is 12.0. The fourth-order valence-electron chi connectivity index (χ4n) is 1.78. The second kappa shape index (κ2) is 6.47. The van der Waals surface area contributed by atoms with E-state index in [0.717, 1.165) is 0 Å². The standard InChI is InChI=1S/C16H13NO4/c1-21-16(20)12-9-5-6-10-13(12)17-15(19)14(18)11-7-3-2-4-8-11/h2-10H,1H3,(H,17,19). The molecule has 0 saturated carbocycles. The summed E-state index contributed by atoms with van der Waals surface area (Å²) in [5, 5.41) is 2.43. The molecule has 0 heterocycles. The number of hydrogen-bond donors (Lipinski definition) is 1. The number of esters is 1. The van der Waals surface area contributed by atoms with Crippen molar-refractivity contribution in [1.82, 2.24) is 0 Å². The molecular weight excluding hydrogens is 270 g/mol. The summed E-state index contributed by atoms with van der Waals surface area (Å²) in [6, 6.07) is 14.5. The van der Waals surface area contributed by atoms with Crippen molar-refractivity contribution < 1.29 is 19.1 Å². The van der Waals surface area contributed by atoms with Crippen molar-refractivity contribution in [3.05, 3.63) is 65.7 Å². The number of nitrogens with one attached hydrogen (secondary N) is 1. The SMILES string of the molecule is COC(=O)c1ccccc1NC(=O)C(=O)c1ccccc1. The fourth-order valence-corrected chi connectivity index (χ4v) is 1.78. The van der Waals surface area contributed by atoms with Crippen LogP contribution in [-0.4, -0.2) is 24.8 Å². The minimum absolute atomic E-state index is 0.189. The third-order valence-corrected chi connectivity index (χ3v) is 2.82. The Bertz CT molecular complexity index is 680. The van der Waals surface area contributed by atoms with Gasteiger partial charge in [-0.3, -0.25) is 9.59 Å². The molecule has 2 rings (SSSR count). The Morgan fingerprint density at radius 1 is 0.905 bits per heavy atom. The van der Waals surface area contributed by atoms with Crippen LogP contribution in [0.5, 0.6) is 0 Å². The number of carbonyl (C=O) groups is 3. The summed E-state index contributed by atoms with van der Waals surface area (Å²) < 4.78 is 4.63. The van der Waals surface area contributed by atoms with Gasteiger partial charge < -0.3 is 10.1 Å². The first-order valence-electron chi connectivity index (χ1n) is 6.21. The average Bonchev–Trinajstić information content (AvgIpc) is 2.54. The summed E-state index contributed by atoms with van der Waals surface area (Å²) in [4.78, 5) is 35.5. The summed E-state index contributed by atoms with van der Waals surface area (Å²) in [7, 11) is 1.25. The lowest BCUT2D eigenvalue weighted by Crippen LogP contribution is -2.24. The Kier molecular flexibility index (Phi) is 4.46. The number of benzene rings is 2. The molecule has 0 bridgehead atoms. The smallest absolute Gasteiger partial charge is 0.339 e. The molecule has 0 fully saturated rings. The summed E-state index contributed by atoms with van der Waals surface area (Å²) in [5.41, 5.74) is 0.707. The van der Waals surface area contributed by atoms with Crippen LogP contribution >= 0.6 is 0 Å². The molecule has 0 radical (unpaired) electrons. The Balaban J connectivity index is 2.21. The molecule has 0 aliphatic heterocycles. The first kappa shape index (κ1) is 14.5. The van der Waals surface area contributed by atoms with E-state index >= 15 is 0 Å². The lowest BCUT2D eigenvalue weighted by molar-refractivity contribution is -0.112. The van der Waals surface area contributed by atoms with E-state index in [4.69, 9.17) is 0 Å². The molecule has 106 valence electrons. The second-order valence-electron chi connectivity index (χ2n) is 4.19. The van der Waals surface area contributed by atoms with Crippen LogP contribution in [0.3, 0.4) is 0 Å². The van der Waals surface area contributed by atoms with E-state index in [9.17, 15) is 14.4 Å². The van der Waals surface area contributed by atoms with Gasteiger partial charge in [-0.05, 0) is 12.1 Å². The van der Waals surface area contributed by atoms with Gasteiger partial charge in [-0.15, -0.1) is 0 Å². The van der Waals surface area contributed by atoms with Gasteiger partial charge in [0.2, 0.25) is 0 Å². The number of Topliss-reactive ketones (excluding diaryl/α,β-unsaturated/α-hetero) is 1. The molecule has 0 atom stereocenters. The molecular formula is C16H13NO4. The molecule has 21 heavy (non-hydrogen) atoms. The van der Waals surface area contributed by atoms with Crippen molar-refractivity contribution in [3.8, 4) is 0 Å². The molecule has 0 unspecified atom stereocenters. The molecule has 0 aliphatic rings. The van der Waals surface area contributed by atoms with Crippen molar-refractivity contribution in [2.45, 2.75) is 0 Å². The monoisotopic (exact) mass is 283 g/mol. The Hall–Kier alpha value is -2.95. The molecule has 0 spiro atoms. The molecule has 0 aromatic heterocycles. The number of carbonyl (C=O) groups excluding carboxylic acids is 3. The van der Waals surface area contributed by atoms with Crippen LogP contribution < -0.4 is 5.32 Å². The number of para-hydroxylation sites is 1. The van der Waals surface area contributed by atoms with Crippen LogP contribution in [0.4, 0.5) is 5.69 Å². The van der Waals surface area contributed by atoms with Crippen LogP contribution in [0, 0.1) is 0 Å². The predicted octanol–water partition coefficient (Wildman–Crippen LogP) is 2.29. The van der Waals surface area contributed by atoms with Gasteiger partial charge in [-0.2, -0.15) is 0 Å². The molecule has 2 aromatic carbocycles. The minimum Gasteiger partial charge on any atom is -0.465 e. The number of anilines is 1. The highest BCUT2D eigenvalue weighted by atomic mass is 16.5. The lowest BCUT2D eigenvalue weighted by Gasteiger charge is -2.08. The van der Waals surface area contributed by atoms with Crippen LogP contribution in [0.15, 0.2) is 54.6 Å². The summed E-state index contributed by atoms with van der Waals surface area (Å²) in [6.45, 7) is 0. The van der Waals surface area contributed by atoms with E-state index < -0.39 is 17.7 Å². The zero-order valence-electron chi connectivity index (χ0n) is 11.3. The first-order valence-corrected chi connectivity index (χ1v) is 6.21. The van der Waals surface area contributed by atoms with Crippen molar-refractivity contribution in [2.75, 3.05) is 12.4 Å². The molecule has 0 saturated heterocycles. The zero-order chi connectivity index (χ0) is 15.2. The van der Waals surface area contributed by atoms with E-state index in [1.165, 1.54) is 19.2 Å². The van der Waals surface area contributed by atoms with Crippen LogP contribution in [0.1, 0.15) is 20.7 Å². The van der Waals surface area contributed by atoms with Crippen molar-refractivity contribution in [3.63, 3.8) is 0 Å². The topological polar surface area (TPSA) is 72.5 Å². The number of ether oxygens (including phenoxy) is 1. The lowest BCUT2D eigenvalue weighted by atomic mass is 10.1. The van der Waals surface area contributed by atoms with E-state index in [0.29, 0.717) is 0 Å². The van der Waals surface area contributed by atoms with Gasteiger partial charge in [0.05, 0.1) is 18.4 Å². The largest absolute Gasteiger partial charge is 0.465 e. The summed E-state index contributed by atoms with van der Waals surface area (Å²) in [5.74, 6) is -2.06. The average molecular weight is 283 g/mol. The number of hydrogen-bond acceptors (Lipinski definition) is 4. The van der Waals surface area contributed by atoms with Gasteiger partial charge >= 0.3 is 5.97 Å². The van der Waals surface area contributed by atoms with Crippen molar-refractivity contribution >= 4 is 23.3 Å². The van der Waals surface area contributed by atoms with Crippen molar-refractivity contribution in [2.24, 2.45) is 0 Å². The molecule has 0 aliphatic carbocycles. The van der Waals surface area contributed by atoms with Gasteiger partial charge in [-0.25, -0.2) is 4.79 Å². The fraction of sp³-hybridized carbons (Fsp3) is 0.0625. The molecule has 1 N–H and O–H groups in total. The van der Waals surface area contributed by atoms with Crippen LogP contribution in [-0.2, 0) is 9.53 Å². The molecule has 5 nitrogen and oxygen atoms in total. The third-order valence-electron chi connectivity index (χ3n) is 2.82. The van der Waals surface area contributed by atoms with E-state index in [2.05, 4.69) is 10.1 Å². The highest BCUT2D eigenvalue weighted by Crippen LogP contribution is 2.16. The Labute approximate surface area is 121 Å². The molecule has 5 heteroatoms. The van der Waals surface area contributed by atoms with E-state index in [1.54, 1.807) is 42.5 Å². The number of rotatable bonds is 4. The van der Waals surface area contributed by atoms with E-state index in [-0.39, 0.29) is 16.8 Å². The first-order chi connectivity index (χ1) is 10.1. The second-order valence-corrected chi connectivity index (χ2v) is 4.19. The van der Waals surface area contributed by atoms with Gasteiger partial charge in [0, 0.05) is 5.56 Å². The highest BCUT2D eigenvalue weighted by Gasteiger charge is 2.19. The van der Waals surface area contributed by atoms with Gasteiger partial charge in [0.1, 0.15) is 0 Å². The van der Waals surface area contributed by atoms with Gasteiger partial charge in [-0.1, -0.05) is 42.5 Å². The van der Waals surface area contributed by atoms with Gasteiger partial charge in [0.25, 0.3) is 11.7 Å². The molecule has 2 aromatic rings. The Morgan fingerprint density at radius 3 is 2.19 bits per heavy atom. The number of amides is 1. The Morgan fingerprint density at radius 2 is 1.52 bits per heavy atom. The normalized spacial score (nSPS) is 9.76. The highest BCUT2D eigenvalue weighted by molar-refractivity contribution is 6.46. The number of methoxy groups -OCH3 is 1. The van der Waals surface area contributed by atoms with Gasteiger partial charge in [0.15, 0.2) is 0 Å².